The number of amides is 4. The summed E-state index contributed by atoms with van der Waals surface area (Å²) < 4.78 is 10.6. The Morgan fingerprint density at radius 1 is 1.13 bits per heavy atom. The number of carbonyl (C=O) groups is 3. The van der Waals surface area contributed by atoms with Gasteiger partial charge in [0.1, 0.15) is 6.04 Å². The van der Waals surface area contributed by atoms with Crippen molar-refractivity contribution in [2.75, 3.05) is 19.1 Å². The highest BCUT2D eigenvalue weighted by Gasteiger charge is 2.39. The van der Waals surface area contributed by atoms with Gasteiger partial charge in [0.2, 0.25) is 12.7 Å². The third-order valence-electron chi connectivity index (χ3n) is 4.71. The molecule has 156 valence electrons. The summed E-state index contributed by atoms with van der Waals surface area (Å²) in [6.45, 7) is 0.740. The zero-order valence-corrected chi connectivity index (χ0v) is 16.9. The lowest BCUT2D eigenvalue weighted by molar-refractivity contribution is -0.131. The van der Waals surface area contributed by atoms with Crippen LogP contribution in [0.5, 0.6) is 11.5 Å². The van der Waals surface area contributed by atoms with Crippen LogP contribution in [-0.4, -0.2) is 47.9 Å². The van der Waals surface area contributed by atoms with Crippen molar-refractivity contribution in [3.8, 4) is 11.5 Å². The number of urea groups is 1. The van der Waals surface area contributed by atoms with Gasteiger partial charge in [0.25, 0.3) is 5.91 Å². The van der Waals surface area contributed by atoms with Crippen molar-refractivity contribution in [1.82, 2.24) is 15.5 Å². The first-order valence-corrected chi connectivity index (χ1v) is 10.5. The highest BCUT2D eigenvalue weighted by molar-refractivity contribution is 7.99. The summed E-state index contributed by atoms with van der Waals surface area (Å²) in [5.41, 5.74) is 0.741. The first-order valence-electron chi connectivity index (χ1n) is 9.55. The number of carbonyl (C=O) groups excluding carboxylic acids is 3. The smallest absolute Gasteiger partial charge is 0.325 e. The Balaban J connectivity index is 1.24. The number of imide groups is 1. The minimum Gasteiger partial charge on any atom is -0.454 e. The highest BCUT2D eigenvalue weighted by atomic mass is 32.2. The second kappa shape index (κ2) is 9.08. The molecule has 2 heterocycles. The van der Waals surface area contributed by atoms with E-state index in [1.807, 2.05) is 30.3 Å². The van der Waals surface area contributed by atoms with Gasteiger partial charge in [0.15, 0.2) is 11.5 Å². The van der Waals surface area contributed by atoms with Gasteiger partial charge in [-0.1, -0.05) is 24.3 Å². The van der Waals surface area contributed by atoms with Crippen LogP contribution in [0.15, 0.2) is 53.4 Å². The van der Waals surface area contributed by atoms with Crippen molar-refractivity contribution in [3.63, 3.8) is 0 Å². The van der Waals surface area contributed by atoms with Crippen LogP contribution in [0, 0.1) is 0 Å². The molecule has 2 N–H and O–H groups in total. The maximum absolute atomic E-state index is 12.6. The van der Waals surface area contributed by atoms with Crippen LogP contribution in [0.2, 0.25) is 0 Å². The van der Waals surface area contributed by atoms with Gasteiger partial charge < -0.3 is 20.1 Å². The quantitative estimate of drug-likeness (QED) is 0.381. The normalized spacial score (nSPS) is 17.2. The van der Waals surface area contributed by atoms with Crippen molar-refractivity contribution in [1.29, 1.82) is 0 Å². The first-order chi connectivity index (χ1) is 14.6. The van der Waals surface area contributed by atoms with E-state index in [9.17, 15) is 14.4 Å². The lowest BCUT2D eigenvalue weighted by Gasteiger charge is -2.13. The number of hydrogen-bond donors (Lipinski definition) is 2. The average Bonchev–Trinajstić information content (AvgIpc) is 3.32. The summed E-state index contributed by atoms with van der Waals surface area (Å²) in [6.07, 6.45) is -0.0851. The summed E-state index contributed by atoms with van der Waals surface area (Å²) in [5.74, 6) is 1.26. The lowest BCUT2D eigenvalue weighted by atomic mass is 10.1. The predicted octanol–water partition coefficient (Wildman–Crippen LogP) is 2.13. The molecule has 2 aliphatic heterocycles. The fraction of sp³-hybridized carbons (Fsp3) is 0.286. The van der Waals surface area contributed by atoms with Crippen LogP contribution in [0.25, 0.3) is 0 Å². The van der Waals surface area contributed by atoms with E-state index in [0.717, 1.165) is 21.1 Å². The minimum atomic E-state index is -0.853. The molecule has 2 aromatic carbocycles. The summed E-state index contributed by atoms with van der Waals surface area (Å²) in [5, 5.41) is 5.38. The molecular weight excluding hydrogens is 406 g/mol. The molecule has 1 unspecified atom stereocenters. The topological polar surface area (TPSA) is 97.0 Å². The zero-order valence-electron chi connectivity index (χ0n) is 16.1. The molecule has 0 spiro atoms. The van der Waals surface area contributed by atoms with E-state index in [-0.39, 0.29) is 25.7 Å². The molecule has 9 heteroatoms. The molecule has 2 aromatic rings. The number of rotatable bonds is 8. The summed E-state index contributed by atoms with van der Waals surface area (Å²) >= 11 is 1.64. The van der Waals surface area contributed by atoms with E-state index < -0.39 is 18.0 Å². The van der Waals surface area contributed by atoms with E-state index >= 15 is 0 Å². The van der Waals surface area contributed by atoms with Gasteiger partial charge in [0, 0.05) is 17.2 Å². The Labute approximate surface area is 177 Å². The molecule has 0 aliphatic carbocycles. The van der Waals surface area contributed by atoms with E-state index in [2.05, 4.69) is 10.6 Å². The summed E-state index contributed by atoms with van der Waals surface area (Å²) in [6, 6.07) is 13.8. The third kappa shape index (κ3) is 4.68. The van der Waals surface area contributed by atoms with Gasteiger partial charge in [0.05, 0.1) is 13.0 Å². The monoisotopic (exact) mass is 427 g/mol. The van der Waals surface area contributed by atoms with Gasteiger partial charge in [-0.25, -0.2) is 4.79 Å². The molecule has 0 aromatic heterocycles. The molecule has 30 heavy (non-hydrogen) atoms. The Kier molecular flexibility index (Phi) is 6.08. The molecule has 0 saturated carbocycles. The highest BCUT2D eigenvalue weighted by Crippen LogP contribution is 2.33. The molecule has 4 rings (SSSR count). The predicted molar refractivity (Wildman–Crippen MR) is 110 cm³/mol. The lowest BCUT2D eigenvalue weighted by Crippen LogP contribution is -2.37. The number of nitrogens with one attached hydrogen (secondary N) is 2. The van der Waals surface area contributed by atoms with E-state index in [1.54, 1.807) is 30.0 Å². The van der Waals surface area contributed by atoms with Crippen LogP contribution in [0.3, 0.4) is 0 Å². The number of hydrogen-bond acceptors (Lipinski definition) is 6. The van der Waals surface area contributed by atoms with Crippen molar-refractivity contribution >= 4 is 29.6 Å². The van der Waals surface area contributed by atoms with Crippen LogP contribution in [0.1, 0.15) is 12.0 Å². The van der Waals surface area contributed by atoms with E-state index in [1.165, 1.54) is 0 Å². The molecular formula is C21H21N3O5S. The molecule has 0 bridgehead atoms. The van der Waals surface area contributed by atoms with Crippen LogP contribution >= 0.6 is 11.8 Å². The molecule has 8 nitrogen and oxygen atoms in total. The molecule has 4 amide bonds. The Morgan fingerprint density at radius 3 is 2.77 bits per heavy atom. The number of ether oxygens (including phenoxy) is 2. The zero-order chi connectivity index (χ0) is 20.9. The Hall–Kier alpha value is -3.20. The molecule has 1 atom stereocenters. The standard InChI is InChI=1S/C21H21N3O5S/c25-19(22-8-9-30-15-4-2-1-3-5-15)11-16-20(26)24(21(27)23-16)12-14-6-7-17-18(10-14)29-13-28-17/h1-7,10,16H,8-9,11-13H2,(H,22,25)(H,23,27). The second-order valence-electron chi connectivity index (χ2n) is 6.83. The van der Waals surface area contributed by atoms with Gasteiger partial charge in [-0.3, -0.25) is 14.5 Å². The molecule has 1 saturated heterocycles. The summed E-state index contributed by atoms with van der Waals surface area (Å²) in [4.78, 5) is 39.3. The fourth-order valence-corrected chi connectivity index (χ4v) is 4.01. The number of nitrogens with zero attached hydrogens (tertiary/aromatic N) is 1. The van der Waals surface area contributed by atoms with Crippen molar-refractivity contribution < 1.29 is 23.9 Å². The van der Waals surface area contributed by atoms with Gasteiger partial charge in [-0.15, -0.1) is 11.8 Å². The fourth-order valence-electron chi connectivity index (χ4n) is 3.22. The van der Waals surface area contributed by atoms with Gasteiger partial charge in [-0.2, -0.15) is 0 Å². The maximum atomic E-state index is 12.6. The Morgan fingerprint density at radius 2 is 1.93 bits per heavy atom. The van der Waals surface area contributed by atoms with E-state index in [4.69, 9.17) is 9.47 Å². The number of benzene rings is 2. The Bertz CT molecular complexity index is 953. The van der Waals surface area contributed by atoms with Crippen molar-refractivity contribution in [2.24, 2.45) is 0 Å². The molecule has 2 aliphatic rings. The maximum Gasteiger partial charge on any atom is 0.325 e. The van der Waals surface area contributed by atoms with Crippen LogP contribution < -0.4 is 20.1 Å². The van der Waals surface area contributed by atoms with Gasteiger partial charge >= 0.3 is 6.03 Å². The van der Waals surface area contributed by atoms with Crippen molar-refractivity contribution in [3.05, 3.63) is 54.1 Å². The third-order valence-corrected chi connectivity index (χ3v) is 5.72. The van der Waals surface area contributed by atoms with Crippen molar-refractivity contribution in [2.45, 2.75) is 23.9 Å². The SMILES string of the molecule is O=C(CC1NC(=O)N(Cc2ccc3c(c2)OCO3)C1=O)NCCSc1ccccc1. The van der Waals surface area contributed by atoms with E-state index in [0.29, 0.717) is 18.0 Å². The molecule has 1 fully saturated rings. The largest absolute Gasteiger partial charge is 0.454 e. The average molecular weight is 427 g/mol. The second-order valence-corrected chi connectivity index (χ2v) is 8.00. The van der Waals surface area contributed by atoms with Crippen LogP contribution in [0.4, 0.5) is 4.79 Å². The minimum absolute atomic E-state index is 0.0851. The van der Waals surface area contributed by atoms with Gasteiger partial charge in [-0.05, 0) is 29.8 Å². The molecule has 0 radical (unpaired) electrons. The first kappa shape index (κ1) is 20.1. The number of fused-ring (bicyclic) bond motifs is 1. The summed E-state index contributed by atoms with van der Waals surface area (Å²) in [7, 11) is 0. The number of thioether (sulfide) groups is 1. The van der Waals surface area contributed by atoms with Crippen LogP contribution in [-0.2, 0) is 16.1 Å².